The third-order valence-electron chi connectivity index (χ3n) is 2.48. The van der Waals surface area contributed by atoms with Crippen LogP contribution < -0.4 is 0 Å². The van der Waals surface area contributed by atoms with Crippen molar-refractivity contribution in [3.05, 3.63) is 47.6 Å². The van der Waals surface area contributed by atoms with Gasteiger partial charge in [0.2, 0.25) is 0 Å². The Morgan fingerprint density at radius 2 is 2.00 bits per heavy atom. The molecule has 0 bridgehead atoms. The van der Waals surface area contributed by atoms with Gasteiger partial charge in [-0.3, -0.25) is 4.40 Å². The fourth-order valence-electron chi connectivity index (χ4n) is 1.84. The first-order valence-electron chi connectivity index (χ1n) is 4.84. The van der Waals surface area contributed by atoms with E-state index in [2.05, 4.69) is 52.2 Å². The number of imidazole rings is 1. The van der Waals surface area contributed by atoms with Gasteiger partial charge in [0, 0.05) is 17.1 Å². The van der Waals surface area contributed by atoms with Crippen LogP contribution in [0.2, 0.25) is 0 Å². The second kappa shape index (κ2) is 3.21. The Morgan fingerprint density at radius 1 is 1.20 bits per heavy atom. The van der Waals surface area contributed by atoms with Gasteiger partial charge in [0.1, 0.15) is 0 Å². The predicted octanol–water partition coefficient (Wildman–Crippen LogP) is 3.37. The lowest BCUT2D eigenvalue weighted by Crippen LogP contribution is -1.85. The molecule has 15 heavy (non-hydrogen) atoms. The highest BCUT2D eigenvalue weighted by Crippen LogP contribution is 2.26. The van der Waals surface area contributed by atoms with Crippen molar-refractivity contribution in [3.8, 4) is 11.3 Å². The zero-order chi connectivity index (χ0) is 10.3. The number of fused-ring (bicyclic) bond motifs is 1. The van der Waals surface area contributed by atoms with Crippen LogP contribution in [0.3, 0.4) is 0 Å². The van der Waals surface area contributed by atoms with E-state index in [1.807, 2.05) is 6.07 Å². The van der Waals surface area contributed by atoms with Crippen LogP contribution in [0.1, 0.15) is 5.69 Å². The van der Waals surface area contributed by atoms with Gasteiger partial charge in [-0.1, -0.05) is 30.3 Å². The fraction of sp³-hybridized carbons (Fsp3) is 0.0833. The molecule has 3 aromatic rings. The number of hydrogen-bond donors (Lipinski definition) is 0. The van der Waals surface area contributed by atoms with E-state index < -0.39 is 0 Å². The molecule has 2 heterocycles. The Kier molecular flexibility index (Phi) is 1.86. The van der Waals surface area contributed by atoms with Gasteiger partial charge in [-0.25, -0.2) is 4.98 Å². The largest absolute Gasteiger partial charge is 0.290 e. The molecule has 0 fully saturated rings. The number of hydrogen-bond acceptors (Lipinski definition) is 2. The van der Waals surface area contributed by atoms with Crippen LogP contribution >= 0.6 is 11.3 Å². The Labute approximate surface area is 91.8 Å². The van der Waals surface area contributed by atoms with Gasteiger partial charge in [-0.15, -0.1) is 11.3 Å². The lowest BCUT2D eigenvalue weighted by atomic mass is 10.1. The molecule has 0 saturated heterocycles. The van der Waals surface area contributed by atoms with Crippen LogP contribution in [0, 0.1) is 6.92 Å². The molecule has 0 saturated carbocycles. The molecule has 0 radical (unpaired) electrons. The second-order valence-electron chi connectivity index (χ2n) is 3.47. The van der Waals surface area contributed by atoms with Gasteiger partial charge < -0.3 is 0 Å². The van der Waals surface area contributed by atoms with E-state index in [1.54, 1.807) is 11.3 Å². The number of nitrogens with zero attached hydrogens (tertiary/aromatic N) is 2. The van der Waals surface area contributed by atoms with E-state index in [4.69, 9.17) is 0 Å². The third-order valence-corrected chi connectivity index (χ3v) is 3.24. The van der Waals surface area contributed by atoms with Crippen molar-refractivity contribution in [1.82, 2.24) is 9.38 Å². The molecule has 0 atom stereocenters. The van der Waals surface area contributed by atoms with Crippen molar-refractivity contribution in [1.29, 1.82) is 0 Å². The van der Waals surface area contributed by atoms with Crippen molar-refractivity contribution >= 4 is 16.3 Å². The van der Waals surface area contributed by atoms with E-state index in [9.17, 15) is 0 Å². The molecule has 74 valence electrons. The van der Waals surface area contributed by atoms with E-state index in [0.29, 0.717) is 0 Å². The number of benzene rings is 1. The third kappa shape index (κ3) is 1.27. The minimum atomic E-state index is 1.06. The van der Waals surface area contributed by atoms with E-state index in [0.717, 1.165) is 10.7 Å². The van der Waals surface area contributed by atoms with Gasteiger partial charge in [0.15, 0.2) is 4.96 Å². The molecule has 3 rings (SSSR count). The summed E-state index contributed by atoms with van der Waals surface area (Å²) in [7, 11) is 0. The lowest BCUT2D eigenvalue weighted by Gasteiger charge is -2.00. The summed E-state index contributed by atoms with van der Waals surface area (Å²) in [6, 6.07) is 10.4. The summed E-state index contributed by atoms with van der Waals surface area (Å²) in [4.78, 5) is 5.59. The van der Waals surface area contributed by atoms with Crippen molar-refractivity contribution in [2.45, 2.75) is 6.92 Å². The van der Waals surface area contributed by atoms with Crippen molar-refractivity contribution in [2.75, 3.05) is 0 Å². The van der Waals surface area contributed by atoms with Crippen LogP contribution in [0.4, 0.5) is 0 Å². The van der Waals surface area contributed by atoms with Crippen LogP contribution in [-0.4, -0.2) is 9.38 Å². The van der Waals surface area contributed by atoms with Gasteiger partial charge in [0.05, 0.1) is 11.4 Å². The molecule has 2 aromatic heterocycles. The average Bonchev–Trinajstić information content (AvgIpc) is 2.78. The summed E-state index contributed by atoms with van der Waals surface area (Å²) in [6.45, 7) is 2.06. The van der Waals surface area contributed by atoms with Gasteiger partial charge in [0.25, 0.3) is 0 Å². The fourth-order valence-corrected chi connectivity index (χ4v) is 2.60. The number of rotatable bonds is 1. The first-order valence-corrected chi connectivity index (χ1v) is 5.72. The van der Waals surface area contributed by atoms with Crippen LogP contribution in [0.25, 0.3) is 16.2 Å². The molecule has 0 aliphatic heterocycles. The maximum Gasteiger partial charge on any atom is 0.194 e. The van der Waals surface area contributed by atoms with E-state index in [1.165, 1.54) is 11.3 Å². The van der Waals surface area contributed by atoms with Gasteiger partial charge in [-0.05, 0) is 6.92 Å². The molecule has 0 unspecified atom stereocenters. The van der Waals surface area contributed by atoms with E-state index >= 15 is 0 Å². The highest BCUT2D eigenvalue weighted by atomic mass is 32.1. The zero-order valence-corrected chi connectivity index (χ0v) is 9.16. The van der Waals surface area contributed by atoms with Crippen molar-refractivity contribution in [3.63, 3.8) is 0 Å². The smallest absolute Gasteiger partial charge is 0.194 e. The molecule has 0 N–H and O–H groups in total. The van der Waals surface area contributed by atoms with Gasteiger partial charge >= 0.3 is 0 Å². The highest BCUT2D eigenvalue weighted by Gasteiger charge is 2.10. The molecule has 3 heteroatoms. The average molecular weight is 214 g/mol. The Bertz CT molecular complexity index is 592. The van der Waals surface area contributed by atoms with E-state index in [-0.39, 0.29) is 0 Å². The van der Waals surface area contributed by atoms with Crippen LogP contribution in [-0.2, 0) is 0 Å². The molecule has 0 spiro atoms. The molecule has 0 aliphatic rings. The van der Waals surface area contributed by atoms with Crippen molar-refractivity contribution < 1.29 is 0 Å². The Balaban J connectivity index is 2.34. The topological polar surface area (TPSA) is 17.3 Å². The first kappa shape index (κ1) is 8.68. The van der Waals surface area contributed by atoms with Crippen molar-refractivity contribution in [2.24, 2.45) is 0 Å². The summed E-state index contributed by atoms with van der Waals surface area (Å²) in [5.74, 6) is 0. The summed E-state index contributed by atoms with van der Waals surface area (Å²) >= 11 is 1.67. The predicted molar refractivity (Wildman–Crippen MR) is 63.2 cm³/mol. The monoisotopic (exact) mass is 214 g/mol. The van der Waals surface area contributed by atoms with Gasteiger partial charge in [-0.2, -0.15) is 0 Å². The number of thiazole rings is 1. The number of aromatic nitrogens is 2. The minimum Gasteiger partial charge on any atom is -0.290 e. The summed E-state index contributed by atoms with van der Waals surface area (Å²) < 4.78 is 2.15. The Morgan fingerprint density at radius 3 is 2.80 bits per heavy atom. The number of aryl methyl sites for hydroxylation is 1. The SMILES string of the molecule is Cc1nc2sccn2c1-c1ccccc1. The normalized spacial score (nSPS) is 11.0. The minimum absolute atomic E-state index is 1.06. The maximum absolute atomic E-state index is 4.53. The second-order valence-corrected chi connectivity index (χ2v) is 4.34. The quantitative estimate of drug-likeness (QED) is 0.607. The molecular weight excluding hydrogens is 204 g/mol. The Hall–Kier alpha value is -1.61. The zero-order valence-electron chi connectivity index (χ0n) is 8.34. The molecule has 0 amide bonds. The maximum atomic E-state index is 4.53. The highest BCUT2D eigenvalue weighted by molar-refractivity contribution is 7.15. The molecule has 0 aliphatic carbocycles. The molecule has 2 nitrogen and oxygen atoms in total. The molecule has 1 aromatic carbocycles. The van der Waals surface area contributed by atoms with Crippen LogP contribution in [0.15, 0.2) is 41.9 Å². The summed E-state index contributed by atoms with van der Waals surface area (Å²) in [6.07, 6.45) is 2.07. The summed E-state index contributed by atoms with van der Waals surface area (Å²) in [5.41, 5.74) is 3.51. The standard InChI is InChI=1S/C12H10N2S/c1-9-11(10-5-3-2-4-6-10)14-7-8-15-12(14)13-9/h2-8H,1H3. The van der Waals surface area contributed by atoms with Crippen LogP contribution in [0.5, 0.6) is 0 Å². The summed E-state index contributed by atoms with van der Waals surface area (Å²) in [5, 5.41) is 2.06. The lowest BCUT2D eigenvalue weighted by molar-refractivity contribution is 1.23. The molecular formula is C12H10N2S. The first-order chi connectivity index (χ1) is 7.36.